The topological polar surface area (TPSA) is 130 Å². The van der Waals surface area contributed by atoms with Gasteiger partial charge in [-0.15, -0.1) is 5.76 Å². The summed E-state index contributed by atoms with van der Waals surface area (Å²) < 4.78 is 132. The van der Waals surface area contributed by atoms with Crippen molar-refractivity contribution in [1.29, 1.82) is 0 Å². The first-order valence-corrected chi connectivity index (χ1v) is 11.4. The minimum Gasteiger partial charge on any atom is -0.875 e. The van der Waals surface area contributed by atoms with E-state index in [1.165, 1.54) is 0 Å². The maximum absolute atomic E-state index is 13.2. The number of esters is 1. The van der Waals surface area contributed by atoms with E-state index in [0.29, 0.717) is 7.11 Å². The van der Waals surface area contributed by atoms with Crippen LogP contribution < -0.4 is 5.11 Å². The number of fused-ring (bicyclic) bond motifs is 1. The normalized spacial score (nSPS) is 17.2. The van der Waals surface area contributed by atoms with Crippen molar-refractivity contribution < 1.29 is 57.8 Å². The highest BCUT2D eigenvalue weighted by atomic mass is 32.2. The molecule has 0 fully saturated rings. The van der Waals surface area contributed by atoms with Crippen molar-refractivity contribution in [3.05, 3.63) is 51.0 Å². The third-order valence-electron chi connectivity index (χ3n) is 4.18. The van der Waals surface area contributed by atoms with Gasteiger partial charge in [0.05, 0.1) is 23.4 Å². The number of sulfone groups is 2. The summed E-state index contributed by atoms with van der Waals surface area (Å²) in [4.78, 5) is 11.4. The zero-order chi connectivity index (χ0) is 25.6. The lowest BCUT2D eigenvalue weighted by molar-refractivity contribution is -0.306. The number of benzene rings is 1. The molecule has 8 nitrogen and oxygen atoms in total. The molecule has 182 valence electrons. The second-order valence-electron chi connectivity index (χ2n) is 6.18. The molecule has 1 heterocycles. The van der Waals surface area contributed by atoms with Gasteiger partial charge in [0.15, 0.2) is 4.91 Å². The van der Waals surface area contributed by atoms with Crippen LogP contribution in [0.25, 0.3) is 5.70 Å². The number of ether oxygens (including phenoxy) is 1. The number of nitrogens with zero attached hydrogens (tertiary/aromatic N) is 1. The molecule has 0 unspecified atom stereocenters. The van der Waals surface area contributed by atoms with Crippen LogP contribution in [0.1, 0.15) is 24.5 Å². The Bertz CT molecular complexity index is 1300. The molecule has 0 spiro atoms. The largest absolute Gasteiger partial charge is 0.875 e. The minimum atomic E-state index is -6.48. The molecule has 0 saturated carbocycles. The van der Waals surface area contributed by atoms with Gasteiger partial charge in [-0.3, -0.25) is 0 Å². The molecule has 1 aromatic rings. The molecule has 0 aliphatic carbocycles. The highest BCUT2D eigenvalue weighted by molar-refractivity contribution is 7.97. The van der Waals surface area contributed by atoms with Crippen LogP contribution in [0.2, 0.25) is 0 Å². The number of hydrogen-bond acceptors (Lipinski definition) is 8. The maximum Gasteiger partial charge on any atom is 0.502 e. The Balaban J connectivity index is 3.12. The van der Waals surface area contributed by atoms with E-state index < -0.39 is 81.2 Å². The van der Waals surface area contributed by atoms with Gasteiger partial charge in [0.1, 0.15) is 0 Å². The fourth-order valence-corrected chi connectivity index (χ4v) is 4.73. The van der Waals surface area contributed by atoms with Crippen molar-refractivity contribution in [1.82, 2.24) is 0 Å². The summed E-state index contributed by atoms with van der Waals surface area (Å²) in [6, 6.07) is 3.99. The number of alkyl halides is 6. The molecule has 33 heavy (non-hydrogen) atoms. The van der Waals surface area contributed by atoms with Gasteiger partial charge in [0.25, 0.3) is 19.7 Å². The lowest BCUT2D eigenvalue weighted by Crippen LogP contribution is -2.31. The van der Waals surface area contributed by atoms with Gasteiger partial charge in [-0.25, -0.2) is 26.6 Å². The molecule has 0 radical (unpaired) electrons. The summed E-state index contributed by atoms with van der Waals surface area (Å²) in [5.41, 5.74) is -15.9. The van der Waals surface area contributed by atoms with Crippen molar-refractivity contribution in [3.8, 4) is 0 Å². The first-order valence-electron chi connectivity index (χ1n) is 8.47. The van der Waals surface area contributed by atoms with Crippen molar-refractivity contribution >= 4 is 37.1 Å². The maximum atomic E-state index is 13.2. The second-order valence-corrected chi connectivity index (χ2v) is 9.94. The van der Waals surface area contributed by atoms with E-state index in [0.717, 1.165) is 31.2 Å². The van der Waals surface area contributed by atoms with Crippen molar-refractivity contribution in [2.24, 2.45) is 4.99 Å². The number of allylic oxidation sites excluding steroid dienone is 2. The summed E-state index contributed by atoms with van der Waals surface area (Å²) in [7, 11) is -12.3. The van der Waals surface area contributed by atoms with Crippen LogP contribution in [-0.4, -0.2) is 46.6 Å². The zero-order valence-corrected chi connectivity index (χ0v) is 18.0. The third-order valence-corrected chi connectivity index (χ3v) is 7.26. The lowest BCUT2D eigenvalue weighted by Gasteiger charge is -2.20. The number of methoxy groups -OCH3 is 1. The summed E-state index contributed by atoms with van der Waals surface area (Å²) in [6.07, 6.45) is -0.782. The summed E-state index contributed by atoms with van der Waals surface area (Å²) in [5.74, 6) is -3.66. The van der Waals surface area contributed by atoms with Gasteiger partial charge >= 0.3 is 17.0 Å². The van der Waals surface area contributed by atoms with Crippen molar-refractivity contribution in [3.63, 3.8) is 0 Å². The molecule has 0 atom stereocenters. The molecular weight excluding hydrogens is 508 g/mol. The van der Waals surface area contributed by atoms with Crippen LogP contribution in [0, 0.1) is 0 Å². The van der Waals surface area contributed by atoms with Crippen LogP contribution >= 0.6 is 0 Å². The van der Waals surface area contributed by atoms with Crippen LogP contribution in [-0.2, 0) is 29.2 Å². The molecule has 0 saturated heterocycles. The van der Waals surface area contributed by atoms with E-state index >= 15 is 0 Å². The summed E-state index contributed by atoms with van der Waals surface area (Å²) >= 11 is 0. The Morgan fingerprint density at radius 3 is 1.88 bits per heavy atom. The standard InChI is InChI=1S/C17H13F6NO7S2/c1-3-10(25)13(32(27,28)16(18,19)20)11-8-6-4-5-7-9(8)12(24-11)14(15(26)31-2)33(29,30)17(21,22)23/h4-7,25H,3H2,1-2H3/p-1/b13-10-,14-12-. The average molecular weight is 520 g/mol. The molecule has 0 aromatic heterocycles. The van der Waals surface area contributed by atoms with Gasteiger partial charge in [-0.1, -0.05) is 31.2 Å². The second kappa shape index (κ2) is 8.48. The van der Waals surface area contributed by atoms with E-state index in [2.05, 4.69) is 9.73 Å². The van der Waals surface area contributed by atoms with Crippen molar-refractivity contribution in [2.75, 3.05) is 7.11 Å². The predicted octanol–water partition coefficient (Wildman–Crippen LogP) is 2.18. The van der Waals surface area contributed by atoms with E-state index in [1.807, 2.05) is 0 Å². The molecule has 16 heteroatoms. The Kier molecular flexibility index (Phi) is 6.77. The third kappa shape index (κ3) is 4.36. The van der Waals surface area contributed by atoms with Gasteiger partial charge in [0.2, 0.25) is 0 Å². The van der Waals surface area contributed by atoms with Gasteiger partial charge in [0, 0.05) is 11.1 Å². The Morgan fingerprint density at radius 2 is 1.45 bits per heavy atom. The average Bonchev–Trinajstić information content (AvgIpc) is 3.04. The molecular formula is C17H12F6NO7S2-. The number of rotatable bonds is 5. The number of carbonyl (C=O) groups excluding carboxylic acids is 1. The Morgan fingerprint density at radius 1 is 0.970 bits per heavy atom. The number of aliphatic imine (C=N–C) groups is 1. The van der Waals surface area contributed by atoms with Gasteiger partial charge in [-0.2, -0.15) is 26.3 Å². The molecule has 1 aliphatic rings. The lowest BCUT2D eigenvalue weighted by atomic mass is 10.0. The van der Waals surface area contributed by atoms with E-state index in [9.17, 15) is 53.1 Å². The van der Waals surface area contributed by atoms with E-state index in [4.69, 9.17) is 0 Å². The smallest absolute Gasteiger partial charge is 0.502 e. The van der Waals surface area contributed by atoms with E-state index in [-0.39, 0.29) is 0 Å². The monoisotopic (exact) mass is 520 g/mol. The number of halogens is 6. The zero-order valence-electron chi connectivity index (χ0n) is 16.4. The van der Waals surface area contributed by atoms with Gasteiger partial charge < -0.3 is 9.84 Å². The summed E-state index contributed by atoms with van der Waals surface area (Å²) in [5, 5.41) is 12.2. The molecule has 0 bridgehead atoms. The molecule has 0 N–H and O–H groups in total. The highest BCUT2D eigenvalue weighted by Crippen LogP contribution is 2.42. The fourth-order valence-electron chi connectivity index (χ4n) is 2.70. The van der Waals surface area contributed by atoms with Crippen LogP contribution in [0.3, 0.4) is 0 Å². The quantitative estimate of drug-likeness (QED) is 0.252. The van der Waals surface area contributed by atoms with Crippen LogP contribution in [0.5, 0.6) is 0 Å². The van der Waals surface area contributed by atoms with Crippen LogP contribution in [0.4, 0.5) is 26.3 Å². The molecule has 1 aromatic carbocycles. The first-order chi connectivity index (χ1) is 14.9. The Hall–Kier alpha value is -2.88. The Labute approximate surface area is 182 Å². The van der Waals surface area contributed by atoms with Crippen LogP contribution in [0.15, 0.2) is 44.8 Å². The molecule has 0 amide bonds. The fraction of sp³-hybridized carbons (Fsp3) is 0.294. The predicted molar refractivity (Wildman–Crippen MR) is 99.2 cm³/mol. The highest BCUT2D eigenvalue weighted by Gasteiger charge is 2.54. The summed E-state index contributed by atoms with van der Waals surface area (Å²) in [6.45, 7) is 1.01. The number of carbonyl (C=O) groups is 1. The molecule has 1 aliphatic heterocycles. The minimum absolute atomic E-state index is 0.534. The van der Waals surface area contributed by atoms with Gasteiger partial charge in [-0.05, 0) is 6.42 Å². The SMILES string of the molecule is CC/C([O-])=C(C1=N/C(=C(/C(=O)OC)S(=O)(=O)C(F)(F)F)c2ccccc21)/S(=O)(=O)C(F)(F)F. The number of hydrogen-bond donors (Lipinski definition) is 0. The first kappa shape index (κ1) is 26.4. The van der Waals surface area contributed by atoms with Crippen molar-refractivity contribution in [2.45, 2.75) is 24.4 Å². The van der Waals surface area contributed by atoms with E-state index in [1.54, 1.807) is 0 Å². The molecule has 2 rings (SSSR count).